The van der Waals surface area contributed by atoms with E-state index in [9.17, 15) is 0 Å². The van der Waals surface area contributed by atoms with Crippen LogP contribution in [0.25, 0.3) is 0 Å². The Balaban J connectivity index is 2.19. The molecular formula is C8H13N3O. The van der Waals surface area contributed by atoms with Crippen LogP contribution in [-0.4, -0.2) is 30.2 Å². The Hall–Kier alpha value is -0.870. The van der Waals surface area contributed by atoms with Crippen LogP contribution in [0.5, 0.6) is 0 Å². The first-order valence-electron chi connectivity index (χ1n) is 4.16. The van der Waals surface area contributed by atoms with Gasteiger partial charge in [-0.05, 0) is 0 Å². The second-order valence-electron chi connectivity index (χ2n) is 2.98. The molecule has 4 heteroatoms. The van der Waals surface area contributed by atoms with Crippen molar-refractivity contribution < 1.29 is 4.74 Å². The molecular weight excluding hydrogens is 154 g/mol. The number of fused-ring (bicyclic) bond motifs is 1. The van der Waals surface area contributed by atoms with Gasteiger partial charge in [-0.3, -0.25) is 0 Å². The molecule has 1 unspecified atom stereocenters. The van der Waals surface area contributed by atoms with Crippen LogP contribution in [0.15, 0.2) is 6.33 Å². The zero-order chi connectivity index (χ0) is 8.39. The highest BCUT2D eigenvalue weighted by Gasteiger charge is 2.21. The van der Waals surface area contributed by atoms with Crippen LogP contribution in [0.1, 0.15) is 17.4 Å². The SMILES string of the molecule is COCC1NCCc2[nH]cnc21. The molecule has 1 atom stereocenters. The summed E-state index contributed by atoms with van der Waals surface area (Å²) in [4.78, 5) is 7.40. The van der Waals surface area contributed by atoms with Gasteiger partial charge in [-0.15, -0.1) is 0 Å². The normalized spacial score (nSPS) is 22.2. The van der Waals surface area contributed by atoms with Gasteiger partial charge in [0, 0.05) is 25.8 Å². The molecule has 66 valence electrons. The van der Waals surface area contributed by atoms with Crippen LogP contribution >= 0.6 is 0 Å². The first kappa shape index (κ1) is 7.76. The molecule has 1 aromatic heterocycles. The fourth-order valence-corrected chi connectivity index (χ4v) is 1.60. The first-order chi connectivity index (χ1) is 5.92. The molecule has 0 bridgehead atoms. The van der Waals surface area contributed by atoms with Crippen molar-refractivity contribution in [2.45, 2.75) is 12.5 Å². The molecule has 1 aliphatic heterocycles. The fraction of sp³-hybridized carbons (Fsp3) is 0.625. The third kappa shape index (κ3) is 1.23. The van der Waals surface area contributed by atoms with Crippen molar-refractivity contribution in [2.24, 2.45) is 0 Å². The molecule has 1 aromatic rings. The number of imidazole rings is 1. The van der Waals surface area contributed by atoms with Gasteiger partial charge >= 0.3 is 0 Å². The van der Waals surface area contributed by atoms with E-state index in [1.807, 2.05) is 0 Å². The molecule has 0 radical (unpaired) electrons. The topological polar surface area (TPSA) is 49.9 Å². The van der Waals surface area contributed by atoms with E-state index in [4.69, 9.17) is 4.74 Å². The third-order valence-electron chi connectivity index (χ3n) is 2.18. The highest BCUT2D eigenvalue weighted by atomic mass is 16.5. The maximum Gasteiger partial charge on any atom is 0.0925 e. The van der Waals surface area contributed by atoms with Crippen molar-refractivity contribution in [3.63, 3.8) is 0 Å². The third-order valence-corrected chi connectivity index (χ3v) is 2.18. The Morgan fingerprint density at radius 1 is 1.75 bits per heavy atom. The van der Waals surface area contributed by atoms with Crippen LogP contribution in [0.2, 0.25) is 0 Å². The zero-order valence-corrected chi connectivity index (χ0v) is 7.13. The van der Waals surface area contributed by atoms with E-state index in [2.05, 4.69) is 15.3 Å². The van der Waals surface area contributed by atoms with E-state index < -0.39 is 0 Å². The lowest BCUT2D eigenvalue weighted by atomic mass is 10.1. The summed E-state index contributed by atoms with van der Waals surface area (Å²) >= 11 is 0. The van der Waals surface area contributed by atoms with E-state index in [0.717, 1.165) is 18.7 Å². The number of aromatic nitrogens is 2. The monoisotopic (exact) mass is 167 g/mol. The molecule has 2 rings (SSSR count). The number of rotatable bonds is 2. The van der Waals surface area contributed by atoms with Crippen molar-refractivity contribution >= 4 is 0 Å². The standard InChI is InChI=1S/C8H13N3O/c1-12-4-7-8-6(2-3-9-7)10-5-11-8/h5,7,9H,2-4H2,1H3,(H,10,11). The van der Waals surface area contributed by atoms with E-state index in [1.165, 1.54) is 5.69 Å². The lowest BCUT2D eigenvalue weighted by Crippen LogP contribution is -2.32. The predicted octanol–water partition coefficient (Wildman–Crippen LogP) is 0.243. The van der Waals surface area contributed by atoms with Gasteiger partial charge in [-0.2, -0.15) is 0 Å². The number of aromatic amines is 1. The van der Waals surface area contributed by atoms with Gasteiger partial charge in [-0.25, -0.2) is 4.98 Å². The molecule has 2 heterocycles. The largest absolute Gasteiger partial charge is 0.383 e. The molecule has 12 heavy (non-hydrogen) atoms. The van der Waals surface area contributed by atoms with E-state index >= 15 is 0 Å². The maximum atomic E-state index is 5.09. The molecule has 0 saturated carbocycles. The van der Waals surface area contributed by atoms with Gasteiger partial charge in [0.1, 0.15) is 0 Å². The average molecular weight is 167 g/mol. The smallest absolute Gasteiger partial charge is 0.0925 e. The number of ether oxygens (including phenoxy) is 1. The number of nitrogens with zero attached hydrogens (tertiary/aromatic N) is 1. The molecule has 0 aromatic carbocycles. The Morgan fingerprint density at radius 2 is 2.67 bits per heavy atom. The van der Waals surface area contributed by atoms with E-state index in [-0.39, 0.29) is 6.04 Å². The van der Waals surface area contributed by atoms with Gasteiger partial charge in [0.05, 0.1) is 24.7 Å². The summed E-state index contributed by atoms with van der Waals surface area (Å²) in [7, 11) is 1.71. The van der Waals surface area contributed by atoms with Crippen LogP contribution in [-0.2, 0) is 11.2 Å². The molecule has 4 nitrogen and oxygen atoms in total. The average Bonchev–Trinajstić information content (AvgIpc) is 2.53. The molecule has 2 N–H and O–H groups in total. The maximum absolute atomic E-state index is 5.09. The number of H-pyrrole nitrogens is 1. The summed E-state index contributed by atoms with van der Waals surface area (Å²) in [5, 5.41) is 3.35. The predicted molar refractivity (Wildman–Crippen MR) is 44.9 cm³/mol. The lowest BCUT2D eigenvalue weighted by Gasteiger charge is -2.21. The minimum absolute atomic E-state index is 0.269. The van der Waals surface area contributed by atoms with Gasteiger partial charge in [0.25, 0.3) is 0 Å². The second-order valence-corrected chi connectivity index (χ2v) is 2.98. The quantitative estimate of drug-likeness (QED) is 0.663. The highest BCUT2D eigenvalue weighted by molar-refractivity contribution is 5.19. The van der Waals surface area contributed by atoms with Gasteiger partial charge < -0.3 is 15.0 Å². The first-order valence-corrected chi connectivity index (χ1v) is 4.16. The molecule has 0 aliphatic carbocycles. The Labute approximate surface area is 71.3 Å². The molecule has 0 spiro atoms. The van der Waals surface area contributed by atoms with Crippen LogP contribution in [0.4, 0.5) is 0 Å². The summed E-state index contributed by atoms with van der Waals surface area (Å²) in [6.45, 7) is 1.70. The Kier molecular flexibility index (Phi) is 2.10. The number of hydrogen-bond acceptors (Lipinski definition) is 3. The summed E-state index contributed by atoms with van der Waals surface area (Å²) in [6.07, 6.45) is 2.79. The number of nitrogens with one attached hydrogen (secondary N) is 2. The Bertz CT molecular complexity index is 259. The highest BCUT2D eigenvalue weighted by Crippen LogP contribution is 2.18. The van der Waals surface area contributed by atoms with Gasteiger partial charge in [0.2, 0.25) is 0 Å². The van der Waals surface area contributed by atoms with Gasteiger partial charge in [0.15, 0.2) is 0 Å². The van der Waals surface area contributed by atoms with Crippen molar-refractivity contribution in [1.82, 2.24) is 15.3 Å². The number of hydrogen-bond donors (Lipinski definition) is 2. The molecule has 0 fully saturated rings. The van der Waals surface area contributed by atoms with Crippen molar-refractivity contribution in [2.75, 3.05) is 20.3 Å². The van der Waals surface area contributed by atoms with E-state index in [1.54, 1.807) is 13.4 Å². The van der Waals surface area contributed by atoms with Crippen LogP contribution in [0.3, 0.4) is 0 Å². The Morgan fingerprint density at radius 3 is 3.50 bits per heavy atom. The minimum atomic E-state index is 0.269. The summed E-state index contributed by atoms with van der Waals surface area (Å²) in [6, 6.07) is 0.269. The number of methoxy groups -OCH3 is 1. The summed E-state index contributed by atoms with van der Waals surface area (Å²) in [5.41, 5.74) is 2.36. The molecule has 1 aliphatic rings. The van der Waals surface area contributed by atoms with Crippen molar-refractivity contribution in [1.29, 1.82) is 0 Å². The zero-order valence-electron chi connectivity index (χ0n) is 7.13. The van der Waals surface area contributed by atoms with Crippen LogP contribution < -0.4 is 5.32 Å². The second kappa shape index (κ2) is 3.25. The van der Waals surface area contributed by atoms with Crippen molar-refractivity contribution in [3.8, 4) is 0 Å². The lowest BCUT2D eigenvalue weighted by molar-refractivity contribution is 0.163. The van der Waals surface area contributed by atoms with Crippen molar-refractivity contribution in [3.05, 3.63) is 17.7 Å². The summed E-state index contributed by atoms with van der Waals surface area (Å²) in [5.74, 6) is 0. The summed E-state index contributed by atoms with van der Waals surface area (Å²) < 4.78 is 5.09. The van der Waals surface area contributed by atoms with Crippen LogP contribution in [0, 0.1) is 0 Å². The molecule has 0 saturated heterocycles. The van der Waals surface area contributed by atoms with E-state index in [0.29, 0.717) is 6.61 Å². The minimum Gasteiger partial charge on any atom is -0.383 e. The molecule has 0 amide bonds. The fourth-order valence-electron chi connectivity index (χ4n) is 1.60. The van der Waals surface area contributed by atoms with Gasteiger partial charge in [-0.1, -0.05) is 0 Å².